The summed E-state index contributed by atoms with van der Waals surface area (Å²) in [5, 5.41) is 12.1. The van der Waals surface area contributed by atoms with Crippen molar-refractivity contribution in [2.45, 2.75) is 19.9 Å². The van der Waals surface area contributed by atoms with Crippen LogP contribution < -0.4 is 11.1 Å². The average Bonchev–Trinajstić information content (AvgIpc) is 3.12. The molecule has 0 aliphatic heterocycles. The Labute approximate surface area is 164 Å². The molecule has 140 valence electrons. The predicted molar refractivity (Wildman–Crippen MR) is 117 cm³/mol. The van der Waals surface area contributed by atoms with E-state index in [-0.39, 0.29) is 0 Å². The van der Waals surface area contributed by atoms with Crippen LogP contribution in [0.2, 0.25) is 0 Å². The zero-order chi connectivity index (χ0) is 19.7. The second-order valence-electron chi connectivity index (χ2n) is 7.18. The fraction of sp³-hybridized carbons (Fsp3) is 0.130. The highest BCUT2D eigenvalue weighted by Crippen LogP contribution is 2.28. The predicted octanol–water partition coefficient (Wildman–Crippen LogP) is 5.05. The SMILES string of the molecule is CC(C)Nc1cccc(-c2ccc(N)c(C(=N)c3cc4ncccc4[nH]3)c2)c1. The Morgan fingerprint density at radius 1 is 1.04 bits per heavy atom. The maximum Gasteiger partial charge on any atom is 0.0885 e. The number of fused-ring (bicyclic) bond motifs is 1. The number of aromatic nitrogens is 2. The Morgan fingerprint density at radius 3 is 2.64 bits per heavy atom. The van der Waals surface area contributed by atoms with Gasteiger partial charge in [-0.2, -0.15) is 0 Å². The van der Waals surface area contributed by atoms with Crippen LogP contribution in [-0.4, -0.2) is 21.7 Å². The lowest BCUT2D eigenvalue weighted by atomic mass is 9.98. The van der Waals surface area contributed by atoms with Gasteiger partial charge in [-0.25, -0.2) is 0 Å². The van der Waals surface area contributed by atoms with Gasteiger partial charge in [0, 0.05) is 29.2 Å². The number of nitrogens with zero attached hydrogens (tertiary/aromatic N) is 1. The maximum atomic E-state index is 8.69. The normalized spacial score (nSPS) is 11.1. The third-order valence-corrected chi connectivity index (χ3v) is 4.63. The second-order valence-corrected chi connectivity index (χ2v) is 7.18. The lowest BCUT2D eigenvalue weighted by molar-refractivity contribution is 0.900. The molecule has 0 spiro atoms. The van der Waals surface area contributed by atoms with E-state index < -0.39 is 0 Å². The van der Waals surface area contributed by atoms with Crippen molar-refractivity contribution in [3.05, 3.63) is 78.1 Å². The standard InChI is InChI=1S/C23H23N5/c1-14(2)27-17-6-3-5-15(11-17)16-8-9-19(24)18(12-16)23(25)22-13-21-20(28-22)7-4-10-26-21/h3-14,25,27-28H,24H2,1-2H3. The minimum Gasteiger partial charge on any atom is -0.398 e. The highest BCUT2D eigenvalue weighted by atomic mass is 14.9. The van der Waals surface area contributed by atoms with Gasteiger partial charge < -0.3 is 16.0 Å². The highest BCUT2D eigenvalue weighted by molar-refractivity contribution is 6.14. The zero-order valence-corrected chi connectivity index (χ0v) is 16.0. The van der Waals surface area contributed by atoms with Gasteiger partial charge in [-0.1, -0.05) is 18.2 Å². The van der Waals surface area contributed by atoms with Crippen LogP contribution in [0.5, 0.6) is 0 Å². The number of anilines is 2. The Morgan fingerprint density at radius 2 is 1.86 bits per heavy atom. The highest BCUT2D eigenvalue weighted by Gasteiger charge is 2.13. The van der Waals surface area contributed by atoms with E-state index in [4.69, 9.17) is 11.1 Å². The molecule has 4 rings (SSSR count). The molecule has 0 amide bonds. The van der Waals surface area contributed by atoms with Crippen molar-refractivity contribution in [1.29, 1.82) is 5.41 Å². The maximum absolute atomic E-state index is 8.69. The van der Waals surface area contributed by atoms with Crippen molar-refractivity contribution >= 4 is 28.1 Å². The van der Waals surface area contributed by atoms with Gasteiger partial charge >= 0.3 is 0 Å². The Balaban J connectivity index is 1.72. The molecule has 0 aliphatic carbocycles. The summed E-state index contributed by atoms with van der Waals surface area (Å²) in [6.45, 7) is 4.23. The third kappa shape index (κ3) is 3.47. The number of hydrogen-bond acceptors (Lipinski definition) is 4. The lowest BCUT2D eigenvalue weighted by Crippen LogP contribution is -2.09. The van der Waals surface area contributed by atoms with Gasteiger partial charge in [-0.05, 0) is 67.4 Å². The molecule has 2 heterocycles. The summed E-state index contributed by atoms with van der Waals surface area (Å²) in [5.74, 6) is 0. The molecule has 0 saturated heterocycles. The van der Waals surface area contributed by atoms with Gasteiger partial charge in [0.2, 0.25) is 0 Å². The molecule has 2 aromatic heterocycles. The Kier molecular flexibility index (Phi) is 4.57. The summed E-state index contributed by atoms with van der Waals surface area (Å²) >= 11 is 0. The van der Waals surface area contributed by atoms with Crippen LogP contribution in [0.1, 0.15) is 25.1 Å². The van der Waals surface area contributed by atoms with Gasteiger partial charge in [0.05, 0.1) is 22.4 Å². The largest absolute Gasteiger partial charge is 0.398 e. The van der Waals surface area contributed by atoms with Crippen LogP contribution in [0.4, 0.5) is 11.4 Å². The number of nitrogen functional groups attached to an aromatic ring is 1. The molecule has 5 nitrogen and oxygen atoms in total. The molecule has 0 saturated carbocycles. The van der Waals surface area contributed by atoms with Crippen LogP contribution in [0.25, 0.3) is 22.2 Å². The Hall–Kier alpha value is -3.60. The van der Waals surface area contributed by atoms with Gasteiger partial charge in [-0.3, -0.25) is 10.4 Å². The van der Waals surface area contributed by atoms with Gasteiger partial charge in [0.15, 0.2) is 0 Å². The molecule has 2 aromatic carbocycles. The third-order valence-electron chi connectivity index (χ3n) is 4.63. The summed E-state index contributed by atoms with van der Waals surface area (Å²) in [6.07, 6.45) is 1.75. The van der Waals surface area contributed by atoms with Gasteiger partial charge in [-0.15, -0.1) is 0 Å². The molecular formula is C23H23N5. The first-order chi connectivity index (χ1) is 13.5. The summed E-state index contributed by atoms with van der Waals surface area (Å²) in [7, 11) is 0. The molecule has 5 N–H and O–H groups in total. The number of rotatable bonds is 5. The number of benzene rings is 2. The van der Waals surface area contributed by atoms with E-state index in [0.717, 1.165) is 27.8 Å². The first-order valence-corrected chi connectivity index (χ1v) is 9.31. The first-order valence-electron chi connectivity index (χ1n) is 9.31. The number of nitrogens with two attached hydrogens (primary N) is 1. The molecule has 0 fully saturated rings. The number of H-pyrrole nitrogens is 1. The molecular weight excluding hydrogens is 346 g/mol. The monoisotopic (exact) mass is 369 g/mol. The van der Waals surface area contributed by atoms with E-state index in [1.807, 2.05) is 42.5 Å². The Bertz CT molecular complexity index is 1120. The van der Waals surface area contributed by atoms with Crippen molar-refractivity contribution in [2.24, 2.45) is 0 Å². The molecule has 0 radical (unpaired) electrons. The van der Waals surface area contributed by atoms with E-state index in [1.165, 1.54) is 0 Å². The molecule has 4 aromatic rings. The second kappa shape index (κ2) is 7.19. The smallest absolute Gasteiger partial charge is 0.0885 e. The topological polar surface area (TPSA) is 90.6 Å². The van der Waals surface area contributed by atoms with E-state index >= 15 is 0 Å². The number of pyridine rings is 1. The molecule has 0 bridgehead atoms. The lowest BCUT2D eigenvalue weighted by Gasteiger charge is -2.13. The summed E-state index contributed by atoms with van der Waals surface area (Å²) < 4.78 is 0. The van der Waals surface area contributed by atoms with Crippen molar-refractivity contribution in [3.8, 4) is 11.1 Å². The number of nitrogens with one attached hydrogen (secondary N) is 3. The van der Waals surface area contributed by atoms with Crippen LogP contribution in [0, 0.1) is 5.41 Å². The van der Waals surface area contributed by atoms with Crippen molar-refractivity contribution in [1.82, 2.24) is 9.97 Å². The van der Waals surface area contributed by atoms with Crippen molar-refractivity contribution in [3.63, 3.8) is 0 Å². The van der Waals surface area contributed by atoms with E-state index in [2.05, 4.69) is 47.3 Å². The van der Waals surface area contributed by atoms with Crippen molar-refractivity contribution < 1.29 is 0 Å². The summed E-state index contributed by atoms with van der Waals surface area (Å²) in [6, 6.07) is 20.2. The number of aromatic amines is 1. The van der Waals surface area contributed by atoms with E-state index in [1.54, 1.807) is 6.20 Å². The molecule has 0 aliphatic rings. The van der Waals surface area contributed by atoms with Crippen LogP contribution in [-0.2, 0) is 0 Å². The quantitative estimate of drug-likeness (QED) is 0.293. The number of hydrogen-bond donors (Lipinski definition) is 4. The first kappa shape index (κ1) is 17.8. The van der Waals surface area contributed by atoms with Crippen LogP contribution in [0.3, 0.4) is 0 Å². The van der Waals surface area contributed by atoms with Crippen molar-refractivity contribution in [2.75, 3.05) is 11.1 Å². The fourth-order valence-electron chi connectivity index (χ4n) is 3.31. The van der Waals surface area contributed by atoms with E-state index in [0.29, 0.717) is 28.7 Å². The molecule has 0 atom stereocenters. The van der Waals surface area contributed by atoms with Crippen LogP contribution in [0.15, 0.2) is 66.9 Å². The minimum absolute atomic E-state index is 0.355. The minimum atomic E-state index is 0.355. The summed E-state index contributed by atoms with van der Waals surface area (Å²) in [5.41, 5.74) is 13.5. The van der Waals surface area contributed by atoms with Gasteiger partial charge in [0.25, 0.3) is 0 Å². The summed E-state index contributed by atoms with van der Waals surface area (Å²) in [4.78, 5) is 7.59. The van der Waals surface area contributed by atoms with E-state index in [9.17, 15) is 0 Å². The fourth-order valence-corrected chi connectivity index (χ4v) is 3.31. The molecule has 5 heteroatoms. The van der Waals surface area contributed by atoms with Crippen LogP contribution >= 0.6 is 0 Å². The molecule has 28 heavy (non-hydrogen) atoms. The zero-order valence-electron chi connectivity index (χ0n) is 16.0. The average molecular weight is 369 g/mol. The van der Waals surface area contributed by atoms with Gasteiger partial charge in [0.1, 0.15) is 0 Å². The molecule has 0 unspecified atom stereocenters.